The van der Waals surface area contributed by atoms with Crippen molar-refractivity contribution in [1.29, 1.82) is 0 Å². The van der Waals surface area contributed by atoms with Gasteiger partial charge in [0.25, 0.3) is 0 Å². The number of thiophene rings is 1. The van der Waals surface area contributed by atoms with Crippen molar-refractivity contribution in [3.63, 3.8) is 0 Å². The van der Waals surface area contributed by atoms with Gasteiger partial charge in [-0.2, -0.15) is 4.39 Å². The van der Waals surface area contributed by atoms with Gasteiger partial charge in [0.2, 0.25) is 11.6 Å². The molecule has 2 aromatic carbocycles. The highest BCUT2D eigenvalue weighted by atomic mass is 79.9. The Morgan fingerprint density at radius 2 is 1.83 bits per heavy atom. The van der Waals surface area contributed by atoms with E-state index in [1.54, 1.807) is 18.2 Å². The molecular weight excluding hydrogens is 409 g/mol. The van der Waals surface area contributed by atoms with Crippen molar-refractivity contribution in [1.82, 2.24) is 0 Å². The van der Waals surface area contributed by atoms with Crippen LogP contribution in [0.3, 0.4) is 0 Å². The minimum atomic E-state index is -1.47. The maximum atomic E-state index is 14.6. The molecule has 0 saturated heterocycles. The van der Waals surface area contributed by atoms with Gasteiger partial charge in [-0.05, 0) is 34.1 Å². The summed E-state index contributed by atoms with van der Waals surface area (Å²) in [6.07, 6.45) is 0. The van der Waals surface area contributed by atoms with Crippen LogP contribution in [0.5, 0.6) is 11.5 Å². The SMILES string of the molecule is COC(=O)c1cc2c(F)c(F)c(Oc3ccccc3Br)c(F)c2s1. The first-order valence-corrected chi connectivity index (χ1v) is 8.15. The van der Waals surface area contributed by atoms with Gasteiger partial charge in [-0.15, -0.1) is 11.3 Å². The molecule has 0 aliphatic heterocycles. The number of carbonyl (C=O) groups is 1. The van der Waals surface area contributed by atoms with Gasteiger partial charge in [0.05, 0.1) is 16.3 Å². The van der Waals surface area contributed by atoms with Gasteiger partial charge in [0, 0.05) is 5.39 Å². The molecule has 0 aliphatic carbocycles. The number of halogens is 4. The average Bonchev–Trinajstić information content (AvgIpc) is 3.03. The number of hydrogen-bond acceptors (Lipinski definition) is 4. The van der Waals surface area contributed by atoms with Crippen molar-refractivity contribution in [3.8, 4) is 11.5 Å². The second-order valence-corrected chi connectivity index (χ2v) is 6.56. The lowest BCUT2D eigenvalue weighted by atomic mass is 10.2. The minimum absolute atomic E-state index is 0.0391. The van der Waals surface area contributed by atoms with Gasteiger partial charge in [-0.25, -0.2) is 13.6 Å². The van der Waals surface area contributed by atoms with E-state index in [9.17, 15) is 18.0 Å². The zero-order chi connectivity index (χ0) is 17.4. The Morgan fingerprint density at radius 3 is 2.50 bits per heavy atom. The Kier molecular flexibility index (Phi) is 4.51. The van der Waals surface area contributed by atoms with E-state index in [4.69, 9.17) is 4.74 Å². The number of para-hydroxylation sites is 1. The van der Waals surface area contributed by atoms with E-state index < -0.39 is 29.2 Å². The van der Waals surface area contributed by atoms with Crippen molar-refractivity contribution in [2.24, 2.45) is 0 Å². The molecule has 0 amide bonds. The monoisotopic (exact) mass is 416 g/mol. The summed E-state index contributed by atoms with van der Waals surface area (Å²) in [4.78, 5) is 11.5. The molecule has 0 bridgehead atoms. The van der Waals surface area contributed by atoms with Crippen LogP contribution in [-0.4, -0.2) is 13.1 Å². The summed E-state index contributed by atoms with van der Waals surface area (Å²) in [7, 11) is 1.14. The molecule has 0 atom stereocenters. The van der Waals surface area contributed by atoms with Gasteiger partial charge >= 0.3 is 5.97 Å². The van der Waals surface area contributed by atoms with Gasteiger partial charge in [0.1, 0.15) is 10.6 Å². The van der Waals surface area contributed by atoms with Crippen LogP contribution in [0.15, 0.2) is 34.8 Å². The maximum Gasteiger partial charge on any atom is 0.348 e. The van der Waals surface area contributed by atoms with Crippen LogP contribution in [0, 0.1) is 17.5 Å². The van der Waals surface area contributed by atoms with Crippen LogP contribution in [0.25, 0.3) is 10.1 Å². The molecular formula is C16H8BrF3O3S. The van der Waals surface area contributed by atoms with E-state index in [0.717, 1.165) is 13.2 Å². The van der Waals surface area contributed by atoms with E-state index in [2.05, 4.69) is 20.7 Å². The van der Waals surface area contributed by atoms with Gasteiger partial charge < -0.3 is 9.47 Å². The molecule has 0 saturated carbocycles. The molecule has 3 rings (SSSR count). The van der Waals surface area contributed by atoms with Crippen molar-refractivity contribution in [3.05, 3.63) is 57.1 Å². The molecule has 0 spiro atoms. The lowest BCUT2D eigenvalue weighted by Crippen LogP contribution is -1.97. The van der Waals surface area contributed by atoms with Gasteiger partial charge in [-0.3, -0.25) is 0 Å². The standard InChI is InChI=1S/C16H8BrF3O3S/c1-22-16(21)10-6-7-11(18)12(19)14(13(20)15(7)24-10)23-9-5-3-2-4-8(9)17/h2-6H,1H3. The third kappa shape index (κ3) is 2.76. The fraction of sp³-hybridized carbons (Fsp3) is 0.0625. The average molecular weight is 417 g/mol. The highest BCUT2D eigenvalue weighted by Crippen LogP contribution is 2.40. The van der Waals surface area contributed by atoms with E-state index in [1.807, 2.05) is 0 Å². The van der Waals surface area contributed by atoms with Crippen LogP contribution in [0.2, 0.25) is 0 Å². The Labute approximate surface area is 146 Å². The Balaban J connectivity index is 2.18. The van der Waals surface area contributed by atoms with Gasteiger partial charge in [0.15, 0.2) is 11.6 Å². The molecule has 8 heteroatoms. The van der Waals surface area contributed by atoms with Gasteiger partial charge in [-0.1, -0.05) is 12.1 Å². The minimum Gasteiger partial charge on any atom is -0.465 e. The predicted molar refractivity (Wildman–Crippen MR) is 87.3 cm³/mol. The number of esters is 1. The van der Waals surface area contributed by atoms with E-state index >= 15 is 0 Å². The number of methoxy groups -OCH3 is 1. The zero-order valence-corrected chi connectivity index (χ0v) is 14.4. The fourth-order valence-electron chi connectivity index (χ4n) is 2.06. The van der Waals surface area contributed by atoms with Crippen molar-refractivity contribution < 1.29 is 27.4 Å². The zero-order valence-electron chi connectivity index (χ0n) is 12.0. The molecule has 3 nitrogen and oxygen atoms in total. The first kappa shape index (κ1) is 16.8. The third-order valence-electron chi connectivity index (χ3n) is 3.19. The van der Waals surface area contributed by atoms with E-state index in [1.165, 1.54) is 6.07 Å². The quantitative estimate of drug-likeness (QED) is 0.408. The Morgan fingerprint density at radius 1 is 1.12 bits per heavy atom. The number of carbonyl (C=O) groups excluding carboxylic acids is 1. The van der Waals surface area contributed by atoms with Crippen molar-refractivity contribution >= 4 is 43.3 Å². The van der Waals surface area contributed by atoms with Crippen LogP contribution in [0.1, 0.15) is 9.67 Å². The number of ether oxygens (including phenoxy) is 2. The maximum absolute atomic E-state index is 14.6. The highest BCUT2D eigenvalue weighted by molar-refractivity contribution is 9.10. The number of fused-ring (bicyclic) bond motifs is 1. The molecule has 0 aliphatic rings. The topological polar surface area (TPSA) is 35.5 Å². The number of hydrogen-bond donors (Lipinski definition) is 0. The van der Waals surface area contributed by atoms with E-state index in [0.29, 0.717) is 15.8 Å². The normalized spacial score (nSPS) is 10.9. The summed E-state index contributed by atoms with van der Waals surface area (Å²) >= 11 is 3.84. The molecule has 0 N–H and O–H groups in total. The molecule has 24 heavy (non-hydrogen) atoms. The van der Waals surface area contributed by atoms with Crippen molar-refractivity contribution in [2.75, 3.05) is 7.11 Å². The second kappa shape index (κ2) is 6.45. The smallest absolute Gasteiger partial charge is 0.348 e. The van der Waals surface area contributed by atoms with Crippen LogP contribution >= 0.6 is 27.3 Å². The summed E-state index contributed by atoms with van der Waals surface area (Å²) in [5, 5.41) is -0.338. The molecule has 0 fully saturated rings. The second-order valence-electron chi connectivity index (χ2n) is 4.65. The lowest BCUT2D eigenvalue weighted by Gasteiger charge is -2.10. The summed E-state index contributed by atoms with van der Waals surface area (Å²) in [5.74, 6) is -5.35. The molecule has 124 valence electrons. The Hall–Kier alpha value is -2.06. The Bertz CT molecular complexity index is 955. The first-order valence-electron chi connectivity index (χ1n) is 6.54. The summed E-state index contributed by atoms with van der Waals surface area (Å²) in [6.45, 7) is 0. The highest BCUT2D eigenvalue weighted by Gasteiger charge is 2.26. The van der Waals surface area contributed by atoms with Crippen LogP contribution in [-0.2, 0) is 4.74 Å². The predicted octanol–water partition coefficient (Wildman–Crippen LogP) is 5.66. The third-order valence-corrected chi connectivity index (χ3v) is 4.96. The van der Waals surface area contributed by atoms with Crippen molar-refractivity contribution in [2.45, 2.75) is 0 Å². The van der Waals surface area contributed by atoms with Crippen LogP contribution in [0.4, 0.5) is 13.2 Å². The number of benzene rings is 2. The molecule has 1 aromatic heterocycles. The molecule has 3 aromatic rings. The first-order chi connectivity index (χ1) is 11.4. The summed E-state index contributed by atoms with van der Waals surface area (Å²) in [5.41, 5.74) is 0. The van der Waals surface area contributed by atoms with Crippen LogP contribution < -0.4 is 4.74 Å². The van der Waals surface area contributed by atoms with E-state index in [-0.39, 0.29) is 20.7 Å². The summed E-state index contributed by atoms with van der Waals surface area (Å²) in [6, 6.07) is 7.43. The molecule has 0 unspecified atom stereocenters. The molecule has 1 heterocycles. The number of rotatable bonds is 3. The lowest BCUT2D eigenvalue weighted by molar-refractivity contribution is 0.0606. The largest absolute Gasteiger partial charge is 0.465 e. The summed E-state index contributed by atoms with van der Waals surface area (Å²) < 4.78 is 53.0. The fourth-order valence-corrected chi connectivity index (χ4v) is 3.43. The molecule has 0 radical (unpaired) electrons.